The van der Waals surface area contributed by atoms with Crippen molar-refractivity contribution in [3.05, 3.63) is 35.4 Å². The van der Waals surface area contributed by atoms with E-state index in [2.05, 4.69) is 4.74 Å². The molecule has 0 heterocycles. The number of hydrogen-bond acceptors (Lipinski definition) is 4. The van der Waals surface area contributed by atoms with E-state index in [0.29, 0.717) is 0 Å². The second-order valence-electron chi connectivity index (χ2n) is 2.21. The lowest BCUT2D eigenvalue weighted by Crippen LogP contribution is -2.05. The molecule has 0 amide bonds. The number of carbonyl (C=O) groups is 3. The number of ether oxygens (including phenoxy) is 1. The molecule has 0 saturated carbocycles. The van der Waals surface area contributed by atoms with Gasteiger partial charge in [0, 0.05) is 5.02 Å². The molecule has 8 nitrogen and oxygen atoms in total. The zero-order chi connectivity index (χ0) is 14.6. The molecule has 0 aliphatic rings. The molecule has 0 aromatic heterocycles. The summed E-state index contributed by atoms with van der Waals surface area (Å²) in [5.74, 6) is 0. The Labute approximate surface area is 106 Å². The first-order valence-electron chi connectivity index (χ1n) is 4.01. The van der Waals surface area contributed by atoms with Crippen LogP contribution in [0.3, 0.4) is 0 Å². The largest absolute Gasteiger partial charge is 0.516 e. The Bertz CT molecular complexity index is 361. The van der Waals surface area contributed by atoms with E-state index >= 15 is 0 Å². The van der Waals surface area contributed by atoms with Gasteiger partial charge in [-0.2, -0.15) is 0 Å². The molecule has 0 fully saturated rings. The summed E-state index contributed by atoms with van der Waals surface area (Å²) in [4.78, 5) is 27.0. The Kier molecular flexibility index (Phi) is 11.0. The van der Waals surface area contributed by atoms with Gasteiger partial charge in [0.05, 0.1) is 0 Å². The van der Waals surface area contributed by atoms with Crippen LogP contribution < -0.4 is 0 Å². The van der Waals surface area contributed by atoms with Gasteiger partial charge < -0.3 is 25.2 Å². The third-order valence-corrected chi connectivity index (χ3v) is 1.16. The molecule has 100 valence electrons. The van der Waals surface area contributed by atoms with E-state index in [-0.39, 0.29) is 0 Å². The van der Waals surface area contributed by atoms with Crippen LogP contribution in [0, 0.1) is 0 Å². The van der Waals surface area contributed by atoms with Crippen LogP contribution in [0.2, 0.25) is 5.02 Å². The number of benzene rings is 1. The van der Waals surface area contributed by atoms with E-state index in [1.165, 1.54) is 0 Å². The van der Waals surface area contributed by atoms with Crippen LogP contribution in [0.15, 0.2) is 30.3 Å². The van der Waals surface area contributed by atoms with Crippen molar-refractivity contribution in [1.82, 2.24) is 0 Å². The predicted molar refractivity (Wildman–Crippen MR) is 59.2 cm³/mol. The highest BCUT2D eigenvalue weighted by Crippen LogP contribution is 2.03. The molecule has 0 bridgehead atoms. The monoisotopic (exact) mass is 280 g/mol. The molecular formula is C9H9ClO8. The number of hydrogen-bond donors (Lipinski definition) is 4. The van der Waals surface area contributed by atoms with Gasteiger partial charge in [-0.3, -0.25) is 0 Å². The number of carboxylic acid groups (broad SMARTS) is 4. The minimum Gasteiger partial charge on any atom is -0.450 e. The maximum atomic E-state index is 9.21. The van der Waals surface area contributed by atoms with Crippen molar-refractivity contribution in [2.75, 3.05) is 0 Å². The summed E-state index contributed by atoms with van der Waals surface area (Å²) in [6, 6.07) is 9.44. The first kappa shape index (κ1) is 17.9. The second-order valence-corrected chi connectivity index (χ2v) is 2.65. The third kappa shape index (κ3) is 23.4. The van der Waals surface area contributed by atoms with Gasteiger partial charge in [0.2, 0.25) is 0 Å². The van der Waals surface area contributed by atoms with Crippen molar-refractivity contribution in [2.45, 2.75) is 0 Å². The predicted octanol–water partition coefficient (Wildman–Crippen LogP) is 2.92. The van der Waals surface area contributed by atoms with Gasteiger partial charge in [-0.25, -0.2) is 14.4 Å². The van der Waals surface area contributed by atoms with Crippen LogP contribution >= 0.6 is 11.6 Å². The van der Waals surface area contributed by atoms with Gasteiger partial charge >= 0.3 is 18.5 Å². The maximum Gasteiger partial charge on any atom is 0.516 e. The van der Waals surface area contributed by atoms with Gasteiger partial charge in [0.1, 0.15) is 0 Å². The Morgan fingerprint density at radius 1 is 0.889 bits per heavy atom. The van der Waals surface area contributed by atoms with Gasteiger partial charge in [0.15, 0.2) is 0 Å². The fourth-order valence-corrected chi connectivity index (χ4v) is 0.635. The van der Waals surface area contributed by atoms with E-state index < -0.39 is 18.5 Å². The van der Waals surface area contributed by atoms with Gasteiger partial charge in [-0.1, -0.05) is 29.8 Å². The van der Waals surface area contributed by atoms with E-state index in [9.17, 15) is 9.59 Å². The Morgan fingerprint density at radius 3 is 1.33 bits per heavy atom. The molecule has 9 heteroatoms. The molecule has 0 saturated heterocycles. The molecule has 18 heavy (non-hydrogen) atoms. The Hall–Kier alpha value is -2.48. The molecule has 0 radical (unpaired) electrons. The molecule has 0 spiro atoms. The van der Waals surface area contributed by atoms with Gasteiger partial charge in [0.25, 0.3) is 0 Å². The highest BCUT2D eigenvalue weighted by atomic mass is 35.5. The molecule has 4 N–H and O–H groups in total. The van der Waals surface area contributed by atoms with Crippen LogP contribution in [0.25, 0.3) is 0 Å². The summed E-state index contributed by atoms with van der Waals surface area (Å²) in [6.07, 6.45) is -5.46. The minimum absolute atomic E-state index is 0.794. The van der Waals surface area contributed by atoms with Crippen molar-refractivity contribution >= 4 is 30.1 Å². The summed E-state index contributed by atoms with van der Waals surface area (Å²) in [6.45, 7) is 0. The molecule has 1 aromatic carbocycles. The minimum atomic E-state index is -1.83. The molecular weight excluding hydrogens is 272 g/mol. The quantitative estimate of drug-likeness (QED) is 0.420. The highest BCUT2D eigenvalue weighted by molar-refractivity contribution is 6.30. The molecule has 0 atom stereocenters. The first-order chi connectivity index (χ1) is 8.25. The Morgan fingerprint density at radius 2 is 1.22 bits per heavy atom. The standard InChI is InChI=1S/C6H5Cl.C2H2O5.CH2O3/c7-6-4-2-1-3-5-6;3-1(4)7-2(5)6;2-1(3)4/h1-5H;(H,3,4)(H,5,6);(H2,2,3,4). The normalized spacial score (nSPS) is 7.61. The van der Waals surface area contributed by atoms with Crippen molar-refractivity contribution in [1.29, 1.82) is 0 Å². The molecule has 1 aromatic rings. The lowest BCUT2D eigenvalue weighted by molar-refractivity contribution is 0.0801. The zero-order valence-corrected chi connectivity index (χ0v) is 9.44. The number of rotatable bonds is 0. The fraction of sp³-hybridized carbons (Fsp3) is 0. The van der Waals surface area contributed by atoms with Crippen LogP contribution in [-0.2, 0) is 4.74 Å². The molecule has 0 aliphatic carbocycles. The summed E-state index contributed by atoms with van der Waals surface area (Å²) >= 11 is 5.54. The lowest BCUT2D eigenvalue weighted by Gasteiger charge is -1.84. The van der Waals surface area contributed by atoms with Crippen LogP contribution in [0.4, 0.5) is 14.4 Å². The molecule has 1 rings (SSSR count). The van der Waals surface area contributed by atoms with Crippen LogP contribution in [0.5, 0.6) is 0 Å². The summed E-state index contributed by atoms with van der Waals surface area (Å²) in [5, 5.41) is 29.7. The third-order valence-electron chi connectivity index (χ3n) is 0.908. The number of halogens is 1. The highest BCUT2D eigenvalue weighted by Gasteiger charge is 2.01. The van der Waals surface area contributed by atoms with Gasteiger partial charge in [-0.05, 0) is 12.1 Å². The van der Waals surface area contributed by atoms with Crippen molar-refractivity contribution in [2.24, 2.45) is 0 Å². The maximum absolute atomic E-state index is 9.21. The smallest absolute Gasteiger partial charge is 0.450 e. The SMILES string of the molecule is Clc1ccccc1.O=C(O)O.O=C(O)OC(=O)O. The topological polar surface area (TPSA) is 141 Å². The summed E-state index contributed by atoms with van der Waals surface area (Å²) in [5.41, 5.74) is 0. The lowest BCUT2D eigenvalue weighted by atomic mass is 10.4. The van der Waals surface area contributed by atoms with Crippen molar-refractivity contribution in [3.63, 3.8) is 0 Å². The molecule has 0 unspecified atom stereocenters. The van der Waals surface area contributed by atoms with E-state index in [1.54, 1.807) is 0 Å². The fourth-order valence-electron chi connectivity index (χ4n) is 0.489. The second kappa shape index (κ2) is 11.0. The van der Waals surface area contributed by atoms with Crippen LogP contribution in [0.1, 0.15) is 0 Å². The zero-order valence-electron chi connectivity index (χ0n) is 8.69. The average molecular weight is 281 g/mol. The van der Waals surface area contributed by atoms with E-state index in [4.69, 9.17) is 36.8 Å². The van der Waals surface area contributed by atoms with E-state index in [1.807, 2.05) is 30.3 Å². The molecule has 0 aliphatic heterocycles. The van der Waals surface area contributed by atoms with Crippen LogP contribution in [-0.4, -0.2) is 38.9 Å². The average Bonchev–Trinajstić information content (AvgIpc) is 2.16. The van der Waals surface area contributed by atoms with E-state index in [0.717, 1.165) is 5.02 Å². The summed E-state index contributed by atoms with van der Waals surface area (Å²) in [7, 11) is 0. The van der Waals surface area contributed by atoms with Crippen molar-refractivity contribution < 1.29 is 39.5 Å². The van der Waals surface area contributed by atoms with Crippen molar-refractivity contribution in [3.8, 4) is 0 Å². The van der Waals surface area contributed by atoms with Gasteiger partial charge in [-0.15, -0.1) is 0 Å². The summed E-state index contributed by atoms with van der Waals surface area (Å²) < 4.78 is 3.08. The first-order valence-corrected chi connectivity index (χ1v) is 4.39. The Balaban J connectivity index is 0.